The lowest BCUT2D eigenvalue weighted by molar-refractivity contribution is -0.139. The molecule has 1 amide bonds. The number of nitrogens with one attached hydrogen (secondary N) is 1. The van der Waals surface area contributed by atoms with E-state index in [0.717, 1.165) is 6.20 Å². The van der Waals surface area contributed by atoms with E-state index in [-0.39, 0.29) is 5.56 Å². The highest BCUT2D eigenvalue weighted by atomic mass is 32.1. The summed E-state index contributed by atoms with van der Waals surface area (Å²) in [6, 6.07) is 3.26. The van der Waals surface area contributed by atoms with Gasteiger partial charge in [-0.15, -0.1) is 11.3 Å². The molecule has 2 aromatic rings. The summed E-state index contributed by atoms with van der Waals surface area (Å²) in [6.45, 7) is 0. The molecular formula is C12H9FN2O3S. The molecule has 0 radical (unpaired) electrons. The van der Waals surface area contributed by atoms with Crippen molar-refractivity contribution in [2.24, 2.45) is 0 Å². The van der Waals surface area contributed by atoms with Crippen molar-refractivity contribution in [3.8, 4) is 0 Å². The van der Waals surface area contributed by atoms with Crippen LogP contribution in [0.2, 0.25) is 0 Å². The zero-order valence-corrected chi connectivity index (χ0v) is 10.4. The normalized spacial score (nSPS) is 11.8. The molecule has 19 heavy (non-hydrogen) atoms. The van der Waals surface area contributed by atoms with Gasteiger partial charge in [0.25, 0.3) is 5.91 Å². The zero-order chi connectivity index (χ0) is 13.8. The third-order valence-corrected chi connectivity index (χ3v) is 3.30. The van der Waals surface area contributed by atoms with E-state index in [9.17, 15) is 14.0 Å². The first kappa shape index (κ1) is 13.2. The second-order valence-electron chi connectivity index (χ2n) is 3.62. The van der Waals surface area contributed by atoms with E-state index in [1.54, 1.807) is 17.5 Å². The predicted octanol–water partition coefficient (Wildman–Crippen LogP) is 1.84. The lowest BCUT2D eigenvalue weighted by Gasteiger charge is -2.13. The lowest BCUT2D eigenvalue weighted by atomic mass is 10.2. The average molecular weight is 280 g/mol. The fourth-order valence-electron chi connectivity index (χ4n) is 1.48. The molecule has 5 nitrogen and oxygen atoms in total. The number of carbonyl (C=O) groups excluding carboxylic acids is 1. The summed E-state index contributed by atoms with van der Waals surface area (Å²) >= 11 is 1.20. The Hall–Kier alpha value is -2.28. The van der Waals surface area contributed by atoms with Crippen molar-refractivity contribution in [2.45, 2.75) is 6.04 Å². The number of aromatic nitrogens is 1. The van der Waals surface area contributed by atoms with Gasteiger partial charge in [-0.3, -0.25) is 9.78 Å². The van der Waals surface area contributed by atoms with E-state index in [2.05, 4.69) is 10.3 Å². The standard InChI is InChI=1S/C12H9FN2O3S/c13-8-6-14-4-3-7(8)11(16)15-10(12(17)18)9-2-1-5-19-9/h1-6,10H,(H,15,16)(H,17,18). The van der Waals surface area contributed by atoms with Crippen molar-refractivity contribution in [2.75, 3.05) is 0 Å². The van der Waals surface area contributed by atoms with Crippen LogP contribution in [-0.4, -0.2) is 22.0 Å². The number of carbonyl (C=O) groups is 2. The lowest BCUT2D eigenvalue weighted by Crippen LogP contribution is -2.33. The summed E-state index contributed by atoms with van der Waals surface area (Å²) in [5, 5.41) is 13.1. The molecular weight excluding hydrogens is 271 g/mol. The van der Waals surface area contributed by atoms with Gasteiger partial charge in [-0.1, -0.05) is 6.07 Å². The van der Waals surface area contributed by atoms with Crippen molar-refractivity contribution < 1.29 is 19.1 Å². The molecule has 0 saturated carbocycles. The van der Waals surface area contributed by atoms with Crippen LogP contribution in [0.15, 0.2) is 36.0 Å². The number of amides is 1. The molecule has 2 rings (SSSR count). The Labute approximate surface area is 111 Å². The van der Waals surface area contributed by atoms with Crippen LogP contribution in [0.5, 0.6) is 0 Å². The van der Waals surface area contributed by atoms with Crippen LogP contribution in [0.1, 0.15) is 21.3 Å². The van der Waals surface area contributed by atoms with Crippen LogP contribution in [-0.2, 0) is 4.79 Å². The number of halogens is 1. The first-order valence-electron chi connectivity index (χ1n) is 5.26. The zero-order valence-electron chi connectivity index (χ0n) is 9.54. The fraction of sp³-hybridized carbons (Fsp3) is 0.0833. The predicted molar refractivity (Wildman–Crippen MR) is 66.4 cm³/mol. The van der Waals surface area contributed by atoms with Crippen LogP contribution in [0.25, 0.3) is 0 Å². The Morgan fingerprint density at radius 3 is 2.79 bits per heavy atom. The molecule has 2 heterocycles. The number of rotatable bonds is 4. The molecule has 0 saturated heterocycles. The third kappa shape index (κ3) is 2.94. The Balaban J connectivity index is 2.21. The maximum atomic E-state index is 13.4. The van der Waals surface area contributed by atoms with Gasteiger partial charge in [0.2, 0.25) is 0 Å². The number of aliphatic carboxylic acids is 1. The molecule has 0 aromatic carbocycles. The number of pyridine rings is 1. The molecule has 1 atom stereocenters. The van der Waals surface area contributed by atoms with Gasteiger partial charge < -0.3 is 10.4 Å². The largest absolute Gasteiger partial charge is 0.479 e. The number of hydrogen-bond donors (Lipinski definition) is 2. The highest BCUT2D eigenvalue weighted by Gasteiger charge is 2.24. The average Bonchev–Trinajstić information content (AvgIpc) is 2.89. The van der Waals surface area contributed by atoms with Gasteiger partial charge in [-0.05, 0) is 17.5 Å². The molecule has 0 aliphatic carbocycles. The second kappa shape index (κ2) is 5.57. The summed E-state index contributed by atoms with van der Waals surface area (Å²) in [6.07, 6.45) is 2.16. The molecule has 98 valence electrons. The Morgan fingerprint density at radius 2 is 2.21 bits per heavy atom. The number of nitrogens with zero attached hydrogens (tertiary/aromatic N) is 1. The highest BCUT2D eigenvalue weighted by Crippen LogP contribution is 2.20. The quantitative estimate of drug-likeness (QED) is 0.895. The minimum absolute atomic E-state index is 0.238. The number of thiophene rings is 1. The van der Waals surface area contributed by atoms with Crippen molar-refractivity contribution in [3.05, 3.63) is 52.2 Å². The van der Waals surface area contributed by atoms with Crippen molar-refractivity contribution in [1.82, 2.24) is 10.3 Å². The summed E-state index contributed by atoms with van der Waals surface area (Å²) in [7, 11) is 0. The van der Waals surface area contributed by atoms with E-state index in [0.29, 0.717) is 4.88 Å². The summed E-state index contributed by atoms with van der Waals surface area (Å²) in [5.41, 5.74) is -0.238. The number of carboxylic acids is 1. The highest BCUT2D eigenvalue weighted by molar-refractivity contribution is 7.10. The molecule has 2 aromatic heterocycles. The third-order valence-electron chi connectivity index (χ3n) is 2.37. The monoisotopic (exact) mass is 280 g/mol. The SMILES string of the molecule is O=C(NC(C(=O)O)c1cccs1)c1ccncc1F. The maximum absolute atomic E-state index is 13.4. The molecule has 0 aliphatic heterocycles. The first-order valence-corrected chi connectivity index (χ1v) is 6.14. The van der Waals surface area contributed by atoms with Gasteiger partial charge in [0.15, 0.2) is 11.9 Å². The maximum Gasteiger partial charge on any atom is 0.331 e. The van der Waals surface area contributed by atoms with E-state index < -0.39 is 23.7 Å². The fourth-order valence-corrected chi connectivity index (χ4v) is 2.25. The summed E-state index contributed by atoms with van der Waals surface area (Å²) in [4.78, 5) is 27.0. The van der Waals surface area contributed by atoms with Gasteiger partial charge in [0.1, 0.15) is 0 Å². The van der Waals surface area contributed by atoms with Crippen molar-refractivity contribution in [1.29, 1.82) is 0 Å². The summed E-state index contributed by atoms with van der Waals surface area (Å²) < 4.78 is 13.4. The van der Waals surface area contributed by atoms with Gasteiger partial charge in [0, 0.05) is 11.1 Å². The number of hydrogen-bond acceptors (Lipinski definition) is 4. The molecule has 7 heteroatoms. The topological polar surface area (TPSA) is 79.3 Å². The van der Waals surface area contributed by atoms with Crippen LogP contribution < -0.4 is 5.32 Å². The van der Waals surface area contributed by atoms with E-state index in [1.165, 1.54) is 23.6 Å². The van der Waals surface area contributed by atoms with Crippen LogP contribution in [0, 0.1) is 5.82 Å². The molecule has 2 N–H and O–H groups in total. The Morgan fingerprint density at radius 1 is 1.42 bits per heavy atom. The van der Waals surface area contributed by atoms with Gasteiger partial charge in [-0.25, -0.2) is 9.18 Å². The molecule has 0 fully saturated rings. The second-order valence-corrected chi connectivity index (χ2v) is 4.59. The van der Waals surface area contributed by atoms with Crippen molar-refractivity contribution >= 4 is 23.2 Å². The minimum atomic E-state index is -1.20. The van der Waals surface area contributed by atoms with Gasteiger partial charge in [0.05, 0.1) is 11.8 Å². The molecule has 0 spiro atoms. The number of carboxylic acid groups (broad SMARTS) is 1. The van der Waals surface area contributed by atoms with E-state index in [1.807, 2.05) is 0 Å². The van der Waals surface area contributed by atoms with E-state index in [4.69, 9.17) is 5.11 Å². The van der Waals surface area contributed by atoms with Crippen LogP contribution in [0.3, 0.4) is 0 Å². The first-order chi connectivity index (χ1) is 9.09. The summed E-state index contributed by atoms with van der Waals surface area (Å²) in [5.74, 6) is -2.79. The van der Waals surface area contributed by atoms with Gasteiger partial charge in [-0.2, -0.15) is 0 Å². The van der Waals surface area contributed by atoms with Crippen molar-refractivity contribution in [3.63, 3.8) is 0 Å². The minimum Gasteiger partial charge on any atom is -0.479 e. The Bertz CT molecular complexity index is 601. The molecule has 0 aliphatic rings. The smallest absolute Gasteiger partial charge is 0.331 e. The van der Waals surface area contributed by atoms with Gasteiger partial charge >= 0.3 is 5.97 Å². The molecule has 1 unspecified atom stereocenters. The van der Waals surface area contributed by atoms with Crippen LogP contribution in [0.4, 0.5) is 4.39 Å². The van der Waals surface area contributed by atoms with E-state index >= 15 is 0 Å². The van der Waals surface area contributed by atoms with Crippen LogP contribution >= 0.6 is 11.3 Å². The molecule has 0 bridgehead atoms. The Kier molecular flexibility index (Phi) is 3.86.